The van der Waals surface area contributed by atoms with Gasteiger partial charge in [0.25, 0.3) is 0 Å². The molecular formula is C32H28F3N5O2S. The van der Waals surface area contributed by atoms with Crippen LogP contribution in [0.25, 0.3) is 22.8 Å². The van der Waals surface area contributed by atoms with Crippen LogP contribution in [0, 0.1) is 12.8 Å². The van der Waals surface area contributed by atoms with Gasteiger partial charge < -0.3 is 4.74 Å². The molecule has 2 unspecified atom stereocenters. The molecule has 0 radical (unpaired) electrons. The van der Waals surface area contributed by atoms with Crippen LogP contribution in [-0.2, 0) is 11.2 Å². The van der Waals surface area contributed by atoms with Crippen LogP contribution in [0.15, 0.2) is 89.5 Å². The number of nitrogens with zero attached hydrogens (tertiary/aromatic N) is 5. The van der Waals surface area contributed by atoms with E-state index in [1.54, 1.807) is 0 Å². The lowest BCUT2D eigenvalue weighted by Crippen LogP contribution is -2.18. The summed E-state index contributed by atoms with van der Waals surface area (Å²) in [6.45, 7) is 4.15. The number of halogens is 3. The Kier molecular flexibility index (Phi) is 7.74. The van der Waals surface area contributed by atoms with Crippen molar-refractivity contribution in [1.82, 2.24) is 19.3 Å². The first kappa shape index (κ1) is 28.6. The number of aryl methyl sites for hydroxylation is 2. The van der Waals surface area contributed by atoms with Crippen molar-refractivity contribution in [1.29, 1.82) is 0 Å². The van der Waals surface area contributed by atoms with Gasteiger partial charge in [-0.1, -0.05) is 49.4 Å². The lowest BCUT2D eigenvalue weighted by Gasteiger charge is -2.10. The van der Waals surface area contributed by atoms with Gasteiger partial charge in [0.1, 0.15) is 12.1 Å². The third-order valence-electron chi connectivity index (χ3n) is 7.50. The van der Waals surface area contributed by atoms with Crippen molar-refractivity contribution in [3.63, 3.8) is 0 Å². The highest BCUT2D eigenvalue weighted by Crippen LogP contribution is 2.49. The summed E-state index contributed by atoms with van der Waals surface area (Å²) in [6.07, 6.45) is -1.01. The van der Waals surface area contributed by atoms with Crippen molar-refractivity contribution in [2.75, 3.05) is 0 Å². The van der Waals surface area contributed by atoms with E-state index < -0.39 is 6.36 Å². The van der Waals surface area contributed by atoms with Crippen molar-refractivity contribution in [2.45, 2.75) is 45.4 Å². The number of carbonyl (C=O) groups is 1. The number of ether oxygens (including phenoxy) is 1. The summed E-state index contributed by atoms with van der Waals surface area (Å²) < 4.78 is 44.7. The van der Waals surface area contributed by atoms with Gasteiger partial charge >= 0.3 is 6.36 Å². The predicted octanol–water partition coefficient (Wildman–Crippen LogP) is 7.18. The number of amides is 1. The highest BCUT2D eigenvalue weighted by Gasteiger charge is 2.39. The summed E-state index contributed by atoms with van der Waals surface area (Å²) in [7, 11) is 0. The molecule has 1 saturated carbocycles. The number of aromatic nitrogens is 4. The largest absolute Gasteiger partial charge is 0.573 e. The van der Waals surface area contributed by atoms with E-state index in [2.05, 4.69) is 43.4 Å². The molecule has 0 N–H and O–H groups in total. The molecule has 0 saturated heterocycles. The maximum absolute atomic E-state index is 13.0. The molecule has 1 aliphatic carbocycles. The third-order valence-corrected chi connectivity index (χ3v) is 8.44. The van der Waals surface area contributed by atoms with Crippen molar-refractivity contribution < 1.29 is 22.7 Å². The van der Waals surface area contributed by atoms with E-state index >= 15 is 0 Å². The van der Waals surface area contributed by atoms with Crippen LogP contribution in [0.5, 0.6) is 5.75 Å². The predicted molar refractivity (Wildman–Crippen MR) is 157 cm³/mol. The number of hydrogen-bond donors (Lipinski definition) is 0. The number of carbonyl (C=O) groups excluding carboxylic acids is 1. The molecule has 3 aromatic carbocycles. The van der Waals surface area contributed by atoms with Crippen LogP contribution in [0.4, 0.5) is 13.2 Å². The molecular weight excluding hydrogens is 575 g/mol. The number of thiazole rings is 1. The maximum atomic E-state index is 13.0. The molecule has 1 amide bonds. The number of hydrogen-bond acceptors (Lipinski definition) is 5. The Bertz CT molecular complexity index is 1820. The van der Waals surface area contributed by atoms with E-state index in [0.717, 1.165) is 35.3 Å². The fourth-order valence-corrected chi connectivity index (χ4v) is 6.13. The molecule has 43 heavy (non-hydrogen) atoms. The molecule has 11 heteroatoms. The Morgan fingerprint density at radius 2 is 1.81 bits per heavy atom. The summed E-state index contributed by atoms with van der Waals surface area (Å²) in [6, 6.07) is 21.6. The summed E-state index contributed by atoms with van der Waals surface area (Å²) in [5.74, 6) is 0.633. The third kappa shape index (κ3) is 6.46. The van der Waals surface area contributed by atoms with E-state index in [4.69, 9.17) is 0 Å². The average Bonchev–Trinajstić information content (AvgIpc) is 3.39. The first-order valence-corrected chi connectivity index (χ1v) is 14.8. The molecule has 7 nitrogen and oxygen atoms in total. The molecule has 2 atom stereocenters. The van der Waals surface area contributed by atoms with E-state index in [-0.39, 0.29) is 17.6 Å². The quantitative estimate of drug-likeness (QED) is 0.188. The minimum absolute atomic E-state index is 0.110. The van der Waals surface area contributed by atoms with Gasteiger partial charge in [-0.05, 0) is 73.1 Å². The van der Waals surface area contributed by atoms with Crippen LogP contribution in [0.3, 0.4) is 0 Å². The monoisotopic (exact) mass is 603 g/mol. The molecule has 0 aliphatic heterocycles. The molecule has 1 aliphatic rings. The van der Waals surface area contributed by atoms with Gasteiger partial charge in [0.05, 0.1) is 11.4 Å². The van der Waals surface area contributed by atoms with Crippen LogP contribution < -0.4 is 9.54 Å². The van der Waals surface area contributed by atoms with Gasteiger partial charge in [0.2, 0.25) is 5.91 Å². The van der Waals surface area contributed by atoms with Gasteiger partial charge in [0, 0.05) is 23.1 Å². The number of rotatable bonds is 8. The molecule has 1 fully saturated rings. The topological polar surface area (TPSA) is 74.3 Å². The molecule has 6 rings (SSSR count). The van der Waals surface area contributed by atoms with Gasteiger partial charge in [0.15, 0.2) is 10.6 Å². The Labute approximate surface area is 250 Å². The minimum Gasteiger partial charge on any atom is -0.406 e. The smallest absolute Gasteiger partial charge is 0.406 e. The Balaban J connectivity index is 1.10. The van der Waals surface area contributed by atoms with Crippen molar-refractivity contribution in [2.24, 2.45) is 10.9 Å². The first-order valence-electron chi connectivity index (χ1n) is 13.9. The van der Waals surface area contributed by atoms with Gasteiger partial charge in [-0.2, -0.15) is 4.99 Å². The summed E-state index contributed by atoms with van der Waals surface area (Å²) in [5, 5.41) is 6.49. The van der Waals surface area contributed by atoms with Crippen LogP contribution in [0.2, 0.25) is 0 Å². The van der Waals surface area contributed by atoms with Crippen LogP contribution >= 0.6 is 11.3 Å². The summed E-state index contributed by atoms with van der Waals surface area (Å²) in [5.41, 5.74) is 5.84. The second kappa shape index (κ2) is 11.6. The fraction of sp³-hybridized carbons (Fsp3) is 0.250. The molecule has 0 spiro atoms. The zero-order chi connectivity index (χ0) is 30.1. The van der Waals surface area contributed by atoms with Crippen molar-refractivity contribution in [3.8, 4) is 28.5 Å². The Hall–Kier alpha value is -4.51. The van der Waals surface area contributed by atoms with Gasteiger partial charge in [-0.15, -0.1) is 29.6 Å². The number of alkyl halides is 3. The second-order valence-corrected chi connectivity index (χ2v) is 11.3. The lowest BCUT2D eigenvalue weighted by atomic mass is 10.1. The van der Waals surface area contributed by atoms with E-state index in [9.17, 15) is 18.0 Å². The second-order valence-electron chi connectivity index (χ2n) is 10.5. The fourth-order valence-electron chi connectivity index (χ4n) is 5.25. The first-order chi connectivity index (χ1) is 20.7. The van der Waals surface area contributed by atoms with Gasteiger partial charge in [-0.25, -0.2) is 9.67 Å². The van der Waals surface area contributed by atoms with E-state index in [0.29, 0.717) is 28.7 Å². The van der Waals surface area contributed by atoms with Crippen LogP contribution in [-0.4, -0.2) is 31.6 Å². The summed E-state index contributed by atoms with van der Waals surface area (Å²) >= 11 is 1.48. The van der Waals surface area contributed by atoms with Crippen LogP contribution in [0.1, 0.15) is 42.5 Å². The highest BCUT2D eigenvalue weighted by molar-refractivity contribution is 7.07. The normalized spacial score (nSPS) is 16.8. The highest BCUT2D eigenvalue weighted by atomic mass is 32.1. The van der Waals surface area contributed by atoms with E-state index in [1.807, 2.05) is 48.7 Å². The lowest BCUT2D eigenvalue weighted by molar-refractivity contribution is -0.274. The molecule has 220 valence electrons. The average molecular weight is 604 g/mol. The number of benzene rings is 3. The Morgan fingerprint density at radius 3 is 2.53 bits per heavy atom. The SMILES string of the molecule is CCc1ccccc1-n1c(C)csc1=NC(=O)CC1CC1c1ccc(-c2ncn(-c3ccc(OC(F)(F)F)cc3)n2)cc1. The van der Waals surface area contributed by atoms with Crippen molar-refractivity contribution in [3.05, 3.63) is 106 Å². The molecule has 2 heterocycles. The Morgan fingerprint density at radius 1 is 1.07 bits per heavy atom. The molecule has 5 aromatic rings. The maximum Gasteiger partial charge on any atom is 0.573 e. The number of para-hydroxylation sites is 1. The zero-order valence-electron chi connectivity index (χ0n) is 23.5. The molecule has 0 bridgehead atoms. The summed E-state index contributed by atoms with van der Waals surface area (Å²) in [4.78, 5) is 22.5. The molecule has 2 aromatic heterocycles. The van der Waals surface area contributed by atoms with Gasteiger partial charge in [-0.3, -0.25) is 9.36 Å². The minimum atomic E-state index is -4.74. The van der Waals surface area contributed by atoms with E-state index in [1.165, 1.54) is 52.2 Å². The van der Waals surface area contributed by atoms with Crippen molar-refractivity contribution >= 4 is 17.2 Å². The zero-order valence-corrected chi connectivity index (χ0v) is 24.3. The standard InChI is InChI=1S/C32H28F3N5O2S/c1-3-21-6-4-5-7-28(21)40-20(2)18-43-31(40)37-29(41)17-24-16-27(24)22-8-10-23(11-9-22)30-36-19-39(38-30)25-12-14-26(15-13-25)42-32(33,34)35/h4-15,18-19,24,27H,3,16-17H2,1-2H3.